The molecule has 2 aliphatic rings. The van der Waals surface area contributed by atoms with Gasteiger partial charge in [-0.15, -0.1) is 0 Å². The zero-order valence-corrected chi connectivity index (χ0v) is 19.9. The fraction of sp³-hybridized carbons (Fsp3) is 0.300. The molecule has 0 spiro atoms. The number of carbonyl (C=O) groups is 1. The number of nitrogens with one attached hydrogen (secondary N) is 2. The van der Waals surface area contributed by atoms with Gasteiger partial charge >= 0.3 is 0 Å². The van der Waals surface area contributed by atoms with E-state index in [2.05, 4.69) is 66.9 Å². The Morgan fingerprint density at radius 1 is 0.912 bits per heavy atom. The maximum atomic E-state index is 13.8. The van der Waals surface area contributed by atoms with Crippen molar-refractivity contribution in [2.45, 2.75) is 51.5 Å². The third-order valence-corrected chi connectivity index (χ3v) is 6.84. The summed E-state index contributed by atoms with van der Waals surface area (Å²) in [4.78, 5) is 13.8. The number of ketones is 1. The molecule has 2 atom stereocenters. The highest BCUT2D eigenvalue weighted by Crippen LogP contribution is 2.45. The third kappa shape index (κ3) is 4.45. The summed E-state index contributed by atoms with van der Waals surface area (Å²) in [5.74, 6) is 1.20. The van der Waals surface area contributed by atoms with Gasteiger partial charge in [0.15, 0.2) is 5.78 Å². The summed E-state index contributed by atoms with van der Waals surface area (Å²) < 4.78 is 6.18. The zero-order valence-electron chi connectivity index (χ0n) is 19.9. The standard InChI is InChI=1S/C30H32N2O2/c1-3-4-17-34-28-12-8-5-9-23(28)30-29-26(31-24-10-6-7-11-25(24)32-30)18-22(19-27(29)33)21-15-13-20(2)14-16-21/h5-16,22,30-32H,3-4,17-19H2,1-2H3. The van der Waals surface area contributed by atoms with Crippen molar-refractivity contribution in [1.82, 2.24) is 0 Å². The highest BCUT2D eigenvalue weighted by Gasteiger charge is 2.37. The number of unbranched alkanes of at least 4 members (excludes halogenated alkanes) is 1. The van der Waals surface area contributed by atoms with Crippen LogP contribution in [0.2, 0.25) is 0 Å². The number of aryl methyl sites for hydroxylation is 1. The second kappa shape index (κ2) is 9.76. The second-order valence-corrected chi connectivity index (χ2v) is 9.32. The molecule has 1 aliphatic heterocycles. The summed E-state index contributed by atoms with van der Waals surface area (Å²) in [6.07, 6.45) is 3.39. The minimum absolute atomic E-state index is 0.168. The molecule has 1 aliphatic carbocycles. The van der Waals surface area contributed by atoms with E-state index in [1.165, 1.54) is 11.1 Å². The molecule has 2 unspecified atom stereocenters. The number of anilines is 2. The van der Waals surface area contributed by atoms with Gasteiger partial charge in [0.1, 0.15) is 5.75 Å². The number of Topliss-reactive ketones (excluding diaryl/α,β-unsaturated/α-hetero) is 1. The van der Waals surface area contributed by atoms with Gasteiger partial charge in [-0.3, -0.25) is 4.79 Å². The molecule has 34 heavy (non-hydrogen) atoms. The smallest absolute Gasteiger partial charge is 0.163 e. The number of allylic oxidation sites excluding steroid dienone is 1. The van der Waals surface area contributed by atoms with Gasteiger partial charge in [-0.2, -0.15) is 0 Å². The molecule has 2 N–H and O–H groups in total. The Morgan fingerprint density at radius 2 is 1.65 bits per heavy atom. The number of benzene rings is 3. The van der Waals surface area contributed by atoms with Gasteiger partial charge in [0.05, 0.1) is 24.0 Å². The van der Waals surface area contributed by atoms with E-state index < -0.39 is 0 Å². The number of hydrogen-bond donors (Lipinski definition) is 2. The Kier molecular flexibility index (Phi) is 6.39. The fourth-order valence-electron chi connectivity index (χ4n) is 4.98. The molecule has 1 heterocycles. The number of para-hydroxylation sites is 3. The van der Waals surface area contributed by atoms with Crippen LogP contribution in [0.5, 0.6) is 5.75 Å². The van der Waals surface area contributed by atoms with Crippen molar-refractivity contribution >= 4 is 17.2 Å². The number of rotatable bonds is 6. The molecule has 0 saturated carbocycles. The predicted molar refractivity (Wildman–Crippen MR) is 138 cm³/mol. The van der Waals surface area contributed by atoms with Gasteiger partial charge in [0.2, 0.25) is 0 Å². The molecule has 4 nitrogen and oxygen atoms in total. The van der Waals surface area contributed by atoms with Gasteiger partial charge in [0.25, 0.3) is 0 Å². The maximum absolute atomic E-state index is 13.8. The monoisotopic (exact) mass is 452 g/mol. The lowest BCUT2D eigenvalue weighted by Crippen LogP contribution is -2.27. The van der Waals surface area contributed by atoms with E-state index in [1.807, 2.05) is 30.3 Å². The predicted octanol–water partition coefficient (Wildman–Crippen LogP) is 7.15. The molecular weight excluding hydrogens is 420 g/mol. The molecule has 3 aromatic rings. The van der Waals surface area contributed by atoms with Gasteiger partial charge in [-0.1, -0.05) is 73.5 Å². The van der Waals surface area contributed by atoms with Crippen LogP contribution in [0.15, 0.2) is 84.1 Å². The number of carbonyl (C=O) groups excluding carboxylic acids is 1. The van der Waals surface area contributed by atoms with Crippen molar-refractivity contribution in [2.75, 3.05) is 17.2 Å². The SMILES string of the molecule is CCCCOc1ccccc1C1Nc2ccccc2NC2=C1C(=O)CC(c1ccc(C)cc1)C2. The van der Waals surface area contributed by atoms with E-state index in [1.54, 1.807) is 0 Å². The Morgan fingerprint density at radius 3 is 2.44 bits per heavy atom. The van der Waals surface area contributed by atoms with Gasteiger partial charge < -0.3 is 15.4 Å². The Labute approximate surface area is 202 Å². The summed E-state index contributed by atoms with van der Waals surface area (Å²) in [6.45, 7) is 4.92. The first-order chi connectivity index (χ1) is 16.6. The van der Waals surface area contributed by atoms with Crippen LogP contribution < -0.4 is 15.4 Å². The summed E-state index contributed by atoms with van der Waals surface area (Å²) >= 11 is 0. The molecule has 0 saturated heterocycles. The van der Waals surface area contributed by atoms with E-state index in [4.69, 9.17) is 4.74 Å². The molecule has 0 radical (unpaired) electrons. The van der Waals surface area contributed by atoms with Crippen LogP contribution in [0.25, 0.3) is 0 Å². The Bertz CT molecular complexity index is 1210. The molecular formula is C30H32N2O2. The van der Waals surface area contributed by atoms with Crippen LogP contribution in [0.4, 0.5) is 11.4 Å². The van der Waals surface area contributed by atoms with Crippen LogP contribution in [0.3, 0.4) is 0 Å². The Balaban J connectivity index is 1.57. The minimum Gasteiger partial charge on any atom is -0.493 e. The summed E-state index contributed by atoms with van der Waals surface area (Å²) in [7, 11) is 0. The summed E-state index contributed by atoms with van der Waals surface area (Å²) in [5, 5.41) is 7.31. The molecule has 0 amide bonds. The summed E-state index contributed by atoms with van der Waals surface area (Å²) in [5.41, 5.74) is 7.28. The van der Waals surface area contributed by atoms with Crippen LogP contribution in [0, 0.1) is 6.92 Å². The largest absolute Gasteiger partial charge is 0.493 e. The first kappa shape index (κ1) is 22.3. The van der Waals surface area contributed by atoms with Gasteiger partial charge in [-0.05, 0) is 49.4 Å². The van der Waals surface area contributed by atoms with Crippen molar-refractivity contribution in [3.05, 3.63) is 101 Å². The van der Waals surface area contributed by atoms with E-state index in [0.717, 1.165) is 53.2 Å². The fourth-order valence-corrected chi connectivity index (χ4v) is 4.98. The van der Waals surface area contributed by atoms with Gasteiger partial charge in [0, 0.05) is 23.3 Å². The lowest BCUT2D eigenvalue weighted by molar-refractivity contribution is -0.116. The van der Waals surface area contributed by atoms with Crippen molar-refractivity contribution in [2.24, 2.45) is 0 Å². The first-order valence-corrected chi connectivity index (χ1v) is 12.3. The topological polar surface area (TPSA) is 50.4 Å². The van der Waals surface area contributed by atoms with E-state index >= 15 is 0 Å². The summed E-state index contributed by atoms with van der Waals surface area (Å²) in [6, 6.07) is 24.6. The van der Waals surface area contributed by atoms with Crippen molar-refractivity contribution in [1.29, 1.82) is 0 Å². The molecule has 4 heteroatoms. The van der Waals surface area contributed by atoms with Crippen LogP contribution in [0.1, 0.15) is 61.3 Å². The zero-order chi connectivity index (χ0) is 23.5. The van der Waals surface area contributed by atoms with Crippen molar-refractivity contribution in [3.8, 4) is 5.75 Å². The second-order valence-electron chi connectivity index (χ2n) is 9.32. The van der Waals surface area contributed by atoms with Gasteiger partial charge in [-0.25, -0.2) is 0 Å². The lowest BCUT2D eigenvalue weighted by Gasteiger charge is -2.30. The van der Waals surface area contributed by atoms with Crippen molar-refractivity contribution in [3.63, 3.8) is 0 Å². The lowest BCUT2D eigenvalue weighted by atomic mass is 9.78. The highest BCUT2D eigenvalue weighted by molar-refractivity contribution is 6.01. The highest BCUT2D eigenvalue weighted by atomic mass is 16.5. The molecule has 5 rings (SSSR count). The quantitative estimate of drug-likeness (QED) is 0.390. The molecule has 0 aromatic heterocycles. The minimum atomic E-state index is -0.268. The van der Waals surface area contributed by atoms with Crippen LogP contribution in [-0.2, 0) is 4.79 Å². The molecule has 0 fully saturated rings. The molecule has 174 valence electrons. The normalized spacial score (nSPS) is 19.4. The maximum Gasteiger partial charge on any atom is 0.163 e. The number of fused-ring (bicyclic) bond motifs is 1. The van der Waals surface area contributed by atoms with E-state index in [9.17, 15) is 4.79 Å². The average molecular weight is 453 g/mol. The molecule has 0 bridgehead atoms. The first-order valence-electron chi connectivity index (χ1n) is 12.3. The third-order valence-electron chi connectivity index (χ3n) is 6.84. The van der Waals surface area contributed by atoms with E-state index in [-0.39, 0.29) is 17.7 Å². The number of ether oxygens (including phenoxy) is 1. The van der Waals surface area contributed by atoms with Crippen LogP contribution >= 0.6 is 0 Å². The van der Waals surface area contributed by atoms with Crippen LogP contribution in [-0.4, -0.2) is 12.4 Å². The van der Waals surface area contributed by atoms with E-state index in [0.29, 0.717) is 13.0 Å². The average Bonchev–Trinajstić information content (AvgIpc) is 3.02. The Hall–Kier alpha value is -3.53. The molecule has 3 aromatic carbocycles. The number of hydrogen-bond acceptors (Lipinski definition) is 4. The van der Waals surface area contributed by atoms with Crippen molar-refractivity contribution < 1.29 is 9.53 Å².